The molecule has 0 aliphatic carbocycles. The zero-order chi connectivity index (χ0) is 12.9. The maximum atomic E-state index is 12.6. The number of aryl methyl sites for hydroxylation is 1. The van der Waals surface area contributed by atoms with Gasteiger partial charge in [-0.1, -0.05) is 15.9 Å². The summed E-state index contributed by atoms with van der Waals surface area (Å²) in [6.07, 6.45) is 6.86. The average Bonchev–Trinajstić information content (AvgIpc) is 2.83. The smallest absolute Gasteiger partial charge is 0.262 e. The van der Waals surface area contributed by atoms with Gasteiger partial charge in [0, 0.05) is 30.2 Å². The van der Waals surface area contributed by atoms with Crippen molar-refractivity contribution in [3.8, 4) is 0 Å². The van der Waals surface area contributed by atoms with Gasteiger partial charge in [-0.3, -0.25) is 0 Å². The first-order valence-electron chi connectivity index (χ1n) is 6.14. The summed E-state index contributed by atoms with van der Waals surface area (Å²) in [4.78, 5) is 4.45. The molecule has 1 aromatic rings. The van der Waals surface area contributed by atoms with E-state index in [1.165, 1.54) is 6.33 Å². The van der Waals surface area contributed by atoms with E-state index in [9.17, 15) is 8.42 Å². The Morgan fingerprint density at radius 3 is 2.44 bits per heavy atom. The van der Waals surface area contributed by atoms with Crippen LogP contribution in [0.1, 0.15) is 25.7 Å². The van der Waals surface area contributed by atoms with Gasteiger partial charge in [0.05, 0.1) is 6.33 Å². The fraction of sp³-hybridized carbons (Fsp3) is 0.727. The molecule has 18 heavy (non-hydrogen) atoms. The number of aromatic nitrogens is 2. The van der Waals surface area contributed by atoms with Gasteiger partial charge in [0.2, 0.25) is 0 Å². The van der Waals surface area contributed by atoms with Gasteiger partial charge in [-0.25, -0.2) is 13.4 Å². The molecule has 2 fully saturated rings. The van der Waals surface area contributed by atoms with Crippen LogP contribution in [0.2, 0.25) is 0 Å². The first kappa shape index (κ1) is 12.6. The number of rotatable bonds is 2. The second-order valence-electron chi connectivity index (χ2n) is 5.17. The van der Waals surface area contributed by atoms with Gasteiger partial charge in [-0.05, 0) is 25.7 Å². The topological polar surface area (TPSA) is 55.2 Å². The van der Waals surface area contributed by atoms with E-state index >= 15 is 0 Å². The predicted octanol–water partition coefficient (Wildman–Crippen LogP) is 1.50. The lowest BCUT2D eigenvalue weighted by molar-refractivity contribution is 0.254. The molecule has 0 spiro atoms. The Morgan fingerprint density at radius 2 is 1.94 bits per heavy atom. The van der Waals surface area contributed by atoms with Gasteiger partial charge < -0.3 is 4.57 Å². The molecule has 1 aromatic heterocycles. The van der Waals surface area contributed by atoms with E-state index in [2.05, 4.69) is 20.9 Å². The molecule has 0 saturated carbocycles. The van der Waals surface area contributed by atoms with Crippen molar-refractivity contribution >= 4 is 26.0 Å². The lowest BCUT2D eigenvalue weighted by atomic mass is 10.1. The van der Waals surface area contributed by atoms with E-state index < -0.39 is 10.0 Å². The number of sulfonamides is 1. The highest BCUT2D eigenvalue weighted by Gasteiger charge is 2.47. The molecule has 3 heterocycles. The fourth-order valence-electron chi connectivity index (χ4n) is 3.09. The summed E-state index contributed by atoms with van der Waals surface area (Å²) < 4.78 is 28.6. The lowest BCUT2D eigenvalue weighted by Crippen LogP contribution is -2.46. The minimum absolute atomic E-state index is 0.139. The summed E-state index contributed by atoms with van der Waals surface area (Å²) in [7, 11) is -1.64. The van der Waals surface area contributed by atoms with Crippen LogP contribution in [-0.4, -0.2) is 39.2 Å². The average molecular weight is 334 g/mol. The van der Waals surface area contributed by atoms with Crippen molar-refractivity contribution in [2.45, 2.75) is 47.6 Å². The van der Waals surface area contributed by atoms with Gasteiger partial charge >= 0.3 is 0 Å². The maximum Gasteiger partial charge on any atom is 0.262 e. The second-order valence-corrected chi connectivity index (χ2v) is 8.25. The van der Waals surface area contributed by atoms with Gasteiger partial charge in [0.15, 0.2) is 5.03 Å². The van der Waals surface area contributed by atoms with Crippen molar-refractivity contribution in [1.29, 1.82) is 0 Å². The molecule has 0 radical (unpaired) electrons. The minimum atomic E-state index is -3.42. The van der Waals surface area contributed by atoms with Crippen molar-refractivity contribution in [1.82, 2.24) is 13.9 Å². The number of fused-ring (bicyclic) bond motifs is 2. The highest BCUT2D eigenvalue weighted by molar-refractivity contribution is 9.09. The summed E-state index contributed by atoms with van der Waals surface area (Å²) >= 11 is 3.62. The first-order valence-corrected chi connectivity index (χ1v) is 8.49. The van der Waals surface area contributed by atoms with E-state index in [1.807, 2.05) is 0 Å². The molecule has 7 heteroatoms. The fourth-order valence-corrected chi connectivity index (χ4v) is 5.82. The van der Waals surface area contributed by atoms with Crippen LogP contribution in [0.3, 0.4) is 0 Å². The van der Waals surface area contributed by atoms with Gasteiger partial charge in [-0.2, -0.15) is 4.31 Å². The Labute approximate surface area is 115 Å². The Balaban J connectivity index is 1.96. The van der Waals surface area contributed by atoms with Crippen molar-refractivity contribution in [3.05, 3.63) is 12.5 Å². The standard InChI is InChI=1S/C11H16BrN3O2S/c1-14-6-11(13-7-14)18(16,17)15-9-2-3-10(15)5-8(12)4-9/h6-10H,2-5H2,1H3. The van der Waals surface area contributed by atoms with Crippen molar-refractivity contribution < 1.29 is 8.42 Å². The predicted molar refractivity (Wildman–Crippen MR) is 71.0 cm³/mol. The van der Waals surface area contributed by atoms with Gasteiger partial charge in [0.25, 0.3) is 10.0 Å². The molecule has 100 valence electrons. The van der Waals surface area contributed by atoms with Crippen molar-refractivity contribution in [2.75, 3.05) is 0 Å². The van der Waals surface area contributed by atoms with Crippen molar-refractivity contribution in [2.24, 2.45) is 7.05 Å². The van der Waals surface area contributed by atoms with E-state index in [1.54, 1.807) is 22.1 Å². The van der Waals surface area contributed by atoms with Crippen molar-refractivity contribution in [3.63, 3.8) is 0 Å². The largest absolute Gasteiger partial charge is 0.339 e. The van der Waals surface area contributed by atoms with Crippen LogP contribution in [0, 0.1) is 0 Å². The molecule has 3 rings (SSSR count). The zero-order valence-corrected chi connectivity index (χ0v) is 12.6. The van der Waals surface area contributed by atoms with E-state index in [-0.39, 0.29) is 17.1 Å². The molecule has 2 atom stereocenters. The normalized spacial score (nSPS) is 32.9. The Hall–Kier alpha value is -0.400. The van der Waals surface area contributed by atoms with Crippen LogP contribution in [0.4, 0.5) is 0 Å². The van der Waals surface area contributed by atoms with Crippen LogP contribution in [0.5, 0.6) is 0 Å². The SMILES string of the molecule is Cn1cnc(S(=O)(=O)N2C3CCC2CC(Br)C3)c1. The summed E-state index contributed by atoms with van der Waals surface area (Å²) in [5.41, 5.74) is 0. The van der Waals surface area contributed by atoms with E-state index in [0.29, 0.717) is 4.83 Å². The molecule has 0 amide bonds. The third-order valence-corrected chi connectivity index (χ3v) is 6.47. The van der Waals surface area contributed by atoms with Crippen LogP contribution in [-0.2, 0) is 17.1 Å². The third-order valence-electron chi connectivity index (χ3n) is 3.83. The summed E-state index contributed by atoms with van der Waals surface area (Å²) in [5.74, 6) is 0. The Morgan fingerprint density at radius 1 is 1.33 bits per heavy atom. The molecule has 0 aromatic carbocycles. The quantitative estimate of drug-likeness (QED) is 0.770. The molecule has 2 saturated heterocycles. The highest BCUT2D eigenvalue weighted by Crippen LogP contribution is 2.41. The molecular formula is C11H16BrN3O2S. The number of hydrogen-bond acceptors (Lipinski definition) is 3. The van der Waals surface area contributed by atoms with Gasteiger partial charge in [0.1, 0.15) is 0 Å². The number of hydrogen-bond donors (Lipinski definition) is 0. The summed E-state index contributed by atoms with van der Waals surface area (Å²) in [6, 6.07) is 0.278. The van der Waals surface area contributed by atoms with Crippen LogP contribution >= 0.6 is 15.9 Å². The molecule has 0 N–H and O–H groups in total. The summed E-state index contributed by atoms with van der Waals surface area (Å²) in [5, 5.41) is 0.176. The van der Waals surface area contributed by atoms with Crippen LogP contribution < -0.4 is 0 Å². The third kappa shape index (κ3) is 1.92. The number of alkyl halides is 1. The monoisotopic (exact) mass is 333 g/mol. The number of halogens is 1. The van der Waals surface area contributed by atoms with E-state index in [4.69, 9.17) is 0 Å². The molecular weight excluding hydrogens is 318 g/mol. The molecule has 2 aliphatic heterocycles. The number of imidazole rings is 1. The highest BCUT2D eigenvalue weighted by atomic mass is 79.9. The molecule has 5 nitrogen and oxygen atoms in total. The summed E-state index contributed by atoms with van der Waals surface area (Å²) in [6.45, 7) is 0. The molecule has 2 unspecified atom stereocenters. The zero-order valence-electron chi connectivity index (χ0n) is 10.2. The lowest BCUT2D eigenvalue weighted by Gasteiger charge is -2.35. The second kappa shape index (κ2) is 4.31. The van der Waals surface area contributed by atoms with Crippen LogP contribution in [0.15, 0.2) is 17.6 Å². The van der Waals surface area contributed by atoms with Gasteiger partial charge in [-0.15, -0.1) is 0 Å². The molecule has 2 bridgehead atoms. The number of nitrogens with zero attached hydrogens (tertiary/aromatic N) is 3. The Bertz CT molecular complexity index is 542. The maximum absolute atomic E-state index is 12.6. The van der Waals surface area contributed by atoms with E-state index in [0.717, 1.165) is 25.7 Å². The Kier molecular flexibility index (Phi) is 3.03. The number of piperidine rings is 1. The minimum Gasteiger partial charge on any atom is -0.339 e. The van der Waals surface area contributed by atoms with Crippen LogP contribution in [0.25, 0.3) is 0 Å². The molecule has 2 aliphatic rings. The first-order chi connectivity index (χ1) is 8.48.